The monoisotopic (exact) mass is 227 g/mol. The summed E-state index contributed by atoms with van der Waals surface area (Å²) in [4.78, 5) is 0. The van der Waals surface area contributed by atoms with E-state index in [4.69, 9.17) is 4.74 Å². The highest BCUT2D eigenvalue weighted by Gasteiger charge is 2.40. The van der Waals surface area contributed by atoms with Crippen molar-refractivity contribution in [1.82, 2.24) is 5.32 Å². The average Bonchev–Trinajstić information content (AvgIpc) is 3.09. The summed E-state index contributed by atoms with van der Waals surface area (Å²) in [5.41, 5.74) is 0.520. The molecule has 0 aromatic heterocycles. The van der Waals surface area contributed by atoms with Crippen molar-refractivity contribution in [2.45, 2.75) is 52.9 Å². The fourth-order valence-electron chi connectivity index (χ4n) is 2.49. The van der Waals surface area contributed by atoms with Crippen LogP contribution in [0.5, 0.6) is 0 Å². The second kappa shape index (κ2) is 7.29. The van der Waals surface area contributed by atoms with E-state index >= 15 is 0 Å². The molecule has 1 fully saturated rings. The third-order valence-electron chi connectivity index (χ3n) is 3.76. The lowest BCUT2D eigenvalue weighted by atomic mass is 9.80. The molecule has 1 unspecified atom stereocenters. The molecule has 1 rings (SSSR count). The lowest BCUT2D eigenvalue weighted by Gasteiger charge is -2.30. The summed E-state index contributed by atoms with van der Waals surface area (Å²) in [5, 5.41) is 3.60. The Morgan fingerprint density at radius 3 is 2.62 bits per heavy atom. The van der Waals surface area contributed by atoms with E-state index in [1.165, 1.54) is 38.6 Å². The molecule has 1 atom stereocenters. The molecule has 2 nitrogen and oxygen atoms in total. The maximum absolute atomic E-state index is 5.43. The van der Waals surface area contributed by atoms with Crippen LogP contribution in [-0.4, -0.2) is 26.3 Å². The van der Waals surface area contributed by atoms with E-state index in [0.29, 0.717) is 5.41 Å². The molecule has 0 amide bonds. The van der Waals surface area contributed by atoms with E-state index in [1.807, 2.05) is 0 Å². The third kappa shape index (κ3) is 4.84. The lowest BCUT2D eigenvalue weighted by Crippen LogP contribution is -2.34. The van der Waals surface area contributed by atoms with Gasteiger partial charge >= 0.3 is 0 Å². The summed E-state index contributed by atoms with van der Waals surface area (Å²) in [5.74, 6) is 0.971. The highest BCUT2D eigenvalue weighted by molar-refractivity contribution is 4.92. The number of hydrogen-bond acceptors (Lipinski definition) is 2. The Balaban J connectivity index is 2.21. The summed E-state index contributed by atoms with van der Waals surface area (Å²) < 4.78 is 5.43. The largest absolute Gasteiger partial charge is 0.382 e. The Morgan fingerprint density at radius 2 is 2.06 bits per heavy atom. The molecule has 16 heavy (non-hydrogen) atoms. The van der Waals surface area contributed by atoms with Gasteiger partial charge in [-0.25, -0.2) is 0 Å². The van der Waals surface area contributed by atoms with Crippen LogP contribution in [0.15, 0.2) is 0 Å². The normalized spacial score (nSPS) is 19.7. The minimum Gasteiger partial charge on any atom is -0.382 e. The second-order valence-corrected chi connectivity index (χ2v) is 5.41. The molecule has 0 saturated heterocycles. The Morgan fingerprint density at radius 1 is 1.31 bits per heavy atom. The van der Waals surface area contributed by atoms with Crippen molar-refractivity contribution in [3.63, 3.8) is 0 Å². The van der Waals surface area contributed by atoms with Crippen LogP contribution < -0.4 is 5.32 Å². The van der Waals surface area contributed by atoms with Gasteiger partial charge in [0.1, 0.15) is 0 Å². The first-order chi connectivity index (χ1) is 7.73. The fraction of sp³-hybridized carbons (Fsp3) is 1.00. The summed E-state index contributed by atoms with van der Waals surface area (Å²) >= 11 is 0. The molecular weight excluding hydrogens is 198 g/mol. The first-order valence-corrected chi connectivity index (χ1v) is 7.01. The highest BCUT2D eigenvalue weighted by Crippen LogP contribution is 2.47. The van der Waals surface area contributed by atoms with Crippen molar-refractivity contribution in [3.8, 4) is 0 Å². The Bertz CT molecular complexity index is 180. The van der Waals surface area contributed by atoms with Crippen LogP contribution >= 0.6 is 0 Å². The van der Waals surface area contributed by atoms with Crippen molar-refractivity contribution in [3.05, 3.63) is 0 Å². The zero-order chi connectivity index (χ0) is 11.9. The first-order valence-electron chi connectivity index (χ1n) is 7.01. The van der Waals surface area contributed by atoms with Crippen molar-refractivity contribution in [1.29, 1.82) is 0 Å². The maximum atomic E-state index is 5.43. The van der Waals surface area contributed by atoms with E-state index in [2.05, 4.69) is 26.1 Å². The predicted octanol–water partition coefficient (Wildman–Crippen LogP) is 3.22. The summed E-state index contributed by atoms with van der Waals surface area (Å²) in [6.07, 6.45) is 6.65. The van der Waals surface area contributed by atoms with Crippen molar-refractivity contribution in [2.75, 3.05) is 26.3 Å². The minimum absolute atomic E-state index is 0.520. The lowest BCUT2D eigenvalue weighted by molar-refractivity contribution is 0.124. The Kier molecular flexibility index (Phi) is 6.37. The molecule has 1 aliphatic rings. The van der Waals surface area contributed by atoms with Crippen LogP contribution in [0.4, 0.5) is 0 Å². The Labute approximate surface area is 101 Å². The molecule has 0 aromatic carbocycles. The van der Waals surface area contributed by atoms with Gasteiger partial charge in [0.25, 0.3) is 0 Å². The van der Waals surface area contributed by atoms with Gasteiger partial charge in [-0.15, -0.1) is 0 Å². The predicted molar refractivity (Wildman–Crippen MR) is 69.7 cm³/mol. The number of nitrogens with one attached hydrogen (secondary N) is 1. The van der Waals surface area contributed by atoms with Gasteiger partial charge in [0.15, 0.2) is 0 Å². The van der Waals surface area contributed by atoms with Crippen molar-refractivity contribution >= 4 is 0 Å². The maximum Gasteiger partial charge on any atom is 0.0466 e. The van der Waals surface area contributed by atoms with E-state index in [1.54, 1.807) is 0 Å². The molecule has 1 aliphatic carbocycles. The topological polar surface area (TPSA) is 21.3 Å². The number of ether oxygens (including phenoxy) is 1. The quantitative estimate of drug-likeness (QED) is 0.579. The van der Waals surface area contributed by atoms with Crippen LogP contribution in [0.2, 0.25) is 0 Å². The smallest absolute Gasteiger partial charge is 0.0466 e. The second-order valence-electron chi connectivity index (χ2n) is 5.41. The SMILES string of the molecule is CCCNCC(C)(CCCOCC)C1CC1. The van der Waals surface area contributed by atoms with Gasteiger partial charge in [-0.05, 0) is 56.9 Å². The van der Waals surface area contributed by atoms with Gasteiger partial charge in [0, 0.05) is 19.8 Å². The van der Waals surface area contributed by atoms with Crippen LogP contribution in [0.1, 0.15) is 52.9 Å². The number of hydrogen-bond donors (Lipinski definition) is 1. The number of rotatable bonds is 10. The molecule has 0 radical (unpaired) electrons. The minimum atomic E-state index is 0.520. The van der Waals surface area contributed by atoms with Gasteiger partial charge in [-0.1, -0.05) is 13.8 Å². The molecule has 0 aliphatic heterocycles. The third-order valence-corrected chi connectivity index (χ3v) is 3.76. The summed E-state index contributed by atoms with van der Waals surface area (Å²) in [7, 11) is 0. The zero-order valence-electron chi connectivity index (χ0n) is 11.3. The van der Waals surface area contributed by atoms with Gasteiger partial charge in [0.05, 0.1) is 0 Å². The molecule has 0 spiro atoms. The molecule has 0 aromatic rings. The van der Waals surface area contributed by atoms with Crippen molar-refractivity contribution in [2.24, 2.45) is 11.3 Å². The van der Waals surface area contributed by atoms with Crippen LogP contribution in [0.3, 0.4) is 0 Å². The molecule has 1 saturated carbocycles. The van der Waals surface area contributed by atoms with E-state index in [0.717, 1.165) is 25.7 Å². The average molecular weight is 227 g/mol. The molecule has 0 bridgehead atoms. The van der Waals surface area contributed by atoms with Crippen LogP contribution in [-0.2, 0) is 4.74 Å². The van der Waals surface area contributed by atoms with Gasteiger partial charge in [-0.3, -0.25) is 0 Å². The molecule has 0 heterocycles. The van der Waals surface area contributed by atoms with E-state index in [-0.39, 0.29) is 0 Å². The summed E-state index contributed by atoms with van der Waals surface area (Å²) in [6, 6.07) is 0. The summed E-state index contributed by atoms with van der Waals surface area (Å²) in [6.45, 7) is 10.9. The molecule has 2 heteroatoms. The van der Waals surface area contributed by atoms with Gasteiger partial charge in [-0.2, -0.15) is 0 Å². The van der Waals surface area contributed by atoms with Crippen LogP contribution in [0, 0.1) is 11.3 Å². The molecule has 96 valence electrons. The van der Waals surface area contributed by atoms with Gasteiger partial charge < -0.3 is 10.1 Å². The van der Waals surface area contributed by atoms with Crippen molar-refractivity contribution < 1.29 is 4.74 Å². The molecule has 1 N–H and O–H groups in total. The zero-order valence-corrected chi connectivity index (χ0v) is 11.3. The first kappa shape index (κ1) is 14.0. The van der Waals surface area contributed by atoms with Crippen LogP contribution in [0.25, 0.3) is 0 Å². The van der Waals surface area contributed by atoms with E-state index in [9.17, 15) is 0 Å². The standard InChI is InChI=1S/C14H29NO/c1-4-10-15-12-14(3,13-7-8-13)9-6-11-16-5-2/h13,15H,4-12H2,1-3H3. The fourth-order valence-corrected chi connectivity index (χ4v) is 2.49. The highest BCUT2D eigenvalue weighted by atomic mass is 16.5. The van der Waals surface area contributed by atoms with E-state index < -0.39 is 0 Å². The van der Waals surface area contributed by atoms with Gasteiger partial charge in [0.2, 0.25) is 0 Å². The molecular formula is C14H29NO. The Hall–Kier alpha value is -0.0800.